The molecule has 3 aromatic carbocycles. The van der Waals surface area contributed by atoms with Crippen LogP contribution in [-0.2, 0) is 17.6 Å². The van der Waals surface area contributed by atoms with Gasteiger partial charge in [-0.25, -0.2) is 4.79 Å². The molecule has 0 spiro atoms. The number of amides is 1. The van der Waals surface area contributed by atoms with Crippen LogP contribution in [0.3, 0.4) is 0 Å². The molecule has 0 aliphatic heterocycles. The molecular formula is C28H25NO4. The summed E-state index contributed by atoms with van der Waals surface area (Å²) < 4.78 is 11.6. The number of carbonyl (C=O) groups is 1. The molecule has 0 saturated heterocycles. The molecule has 4 aromatic rings. The Kier molecular flexibility index (Phi) is 5.69. The predicted molar refractivity (Wildman–Crippen MR) is 128 cm³/mol. The Hall–Kier alpha value is -3.86. The first-order valence-corrected chi connectivity index (χ1v) is 11.2. The molecule has 0 saturated carbocycles. The van der Waals surface area contributed by atoms with Crippen molar-refractivity contribution in [3.05, 3.63) is 111 Å². The van der Waals surface area contributed by atoms with Crippen LogP contribution in [0.5, 0.6) is 5.75 Å². The van der Waals surface area contributed by atoms with Crippen molar-refractivity contribution in [2.24, 2.45) is 0 Å². The van der Waals surface area contributed by atoms with E-state index in [1.165, 1.54) is 0 Å². The number of aryl methyl sites for hydroxylation is 2. The lowest BCUT2D eigenvalue weighted by molar-refractivity contribution is -0.123. The number of nitrogens with one attached hydrogen (secondary N) is 1. The predicted octanol–water partition coefficient (Wildman–Crippen LogP) is 4.87. The molecule has 1 aliphatic rings. The molecule has 33 heavy (non-hydrogen) atoms. The second kappa shape index (κ2) is 8.94. The second-order valence-electron chi connectivity index (χ2n) is 8.45. The number of fused-ring (bicyclic) bond motifs is 3. The molecule has 0 fully saturated rings. The van der Waals surface area contributed by atoms with Gasteiger partial charge in [-0.05, 0) is 60.6 Å². The maximum Gasteiger partial charge on any atom is 0.339 e. The van der Waals surface area contributed by atoms with E-state index in [0.717, 1.165) is 52.5 Å². The third-order valence-corrected chi connectivity index (χ3v) is 6.11. The molecule has 1 aliphatic carbocycles. The van der Waals surface area contributed by atoms with Gasteiger partial charge in [0.05, 0.1) is 11.4 Å². The summed E-state index contributed by atoms with van der Waals surface area (Å²) in [6.45, 7) is 1.78. The van der Waals surface area contributed by atoms with E-state index >= 15 is 0 Å². The lowest BCUT2D eigenvalue weighted by Gasteiger charge is -2.20. The third-order valence-electron chi connectivity index (χ3n) is 6.11. The number of ether oxygens (including phenoxy) is 1. The first-order valence-electron chi connectivity index (χ1n) is 11.2. The van der Waals surface area contributed by atoms with Gasteiger partial charge in [0.25, 0.3) is 5.91 Å². The lowest BCUT2D eigenvalue weighted by Crippen LogP contribution is -2.33. The summed E-state index contributed by atoms with van der Waals surface area (Å²) >= 11 is 0. The van der Waals surface area contributed by atoms with E-state index in [-0.39, 0.29) is 24.2 Å². The largest absolute Gasteiger partial charge is 0.483 e. The third kappa shape index (κ3) is 4.27. The molecule has 1 aromatic heterocycles. The molecule has 5 rings (SSSR count). The molecule has 0 radical (unpaired) electrons. The number of rotatable bonds is 6. The molecule has 1 heterocycles. The average Bonchev–Trinajstić information content (AvgIpc) is 3.32. The van der Waals surface area contributed by atoms with E-state index in [4.69, 9.17) is 9.15 Å². The molecule has 1 amide bonds. The van der Waals surface area contributed by atoms with Crippen LogP contribution in [0.15, 0.2) is 82.0 Å². The fourth-order valence-electron chi connectivity index (χ4n) is 4.62. The van der Waals surface area contributed by atoms with Crippen molar-refractivity contribution in [1.82, 2.24) is 5.32 Å². The number of hydrogen-bond donors (Lipinski definition) is 1. The summed E-state index contributed by atoms with van der Waals surface area (Å²) in [5.74, 6) is 0.356. The summed E-state index contributed by atoms with van der Waals surface area (Å²) in [6.07, 6.45) is 2.45. The van der Waals surface area contributed by atoms with Crippen LogP contribution in [-0.4, -0.2) is 12.5 Å². The fourth-order valence-corrected chi connectivity index (χ4v) is 4.62. The molecule has 1 N–H and O–H groups in total. The highest BCUT2D eigenvalue weighted by molar-refractivity contribution is 5.89. The van der Waals surface area contributed by atoms with E-state index in [9.17, 15) is 9.59 Å². The minimum Gasteiger partial charge on any atom is -0.483 e. The monoisotopic (exact) mass is 439 g/mol. The minimum atomic E-state index is -0.278. The van der Waals surface area contributed by atoms with E-state index in [2.05, 4.69) is 5.32 Å². The molecule has 5 nitrogen and oxygen atoms in total. The normalized spacial score (nSPS) is 12.7. The maximum atomic E-state index is 13.0. The van der Waals surface area contributed by atoms with Gasteiger partial charge in [-0.2, -0.15) is 0 Å². The quantitative estimate of drug-likeness (QED) is 0.435. The highest BCUT2D eigenvalue weighted by atomic mass is 16.5. The van der Waals surface area contributed by atoms with Gasteiger partial charge in [0.1, 0.15) is 11.3 Å². The SMILES string of the molecule is Cc1cc(OCC(=O)NC(c2ccccc2)c2ccccc2)c2c3c(c(=O)oc2c1)CCC3. The van der Waals surface area contributed by atoms with Gasteiger partial charge in [-0.1, -0.05) is 60.7 Å². The van der Waals surface area contributed by atoms with Crippen molar-refractivity contribution in [2.45, 2.75) is 32.2 Å². The minimum absolute atomic E-state index is 0.136. The van der Waals surface area contributed by atoms with Crippen LogP contribution in [0, 0.1) is 6.92 Å². The topological polar surface area (TPSA) is 68.5 Å². The molecule has 166 valence electrons. The van der Waals surface area contributed by atoms with Gasteiger partial charge < -0.3 is 14.5 Å². The Morgan fingerprint density at radius 2 is 1.61 bits per heavy atom. The Balaban J connectivity index is 1.41. The van der Waals surface area contributed by atoms with Gasteiger partial charge >= 0.3 is 5.63 Å². The summed E-state index contributed by atoms with van der Waals surface area (Å²) in [5, 5.41) is 3.92. The molecule has 5 heteroatoms. The Labute approximate surface area is 192 Å². The first-order chi connectivity index (χ1) is 16.1. The summed E-state index contributed by atoms with van der Waals surface area (Å²) in [7, 11) is 0. The Bertz CT molecular complexity index is 1320. The number of hydrogen-bond acceptors (Lipinski definition) is 4. The summed E-state index contributed by atoms with van der Waals surface area (Å²) in [5.41, 5.74) is 4.87. The van der Waals surface area contributed by atoms with Crippen LogP contribution in [0.2, 0.25) is 0 Å². The standard InChI is InChI=1S/C28H25NO4/c1-18-15-23(26-21-13-8-14-22(21)28(31)33-24(26)16-18)32-17-25(30)29-27(19-9-4-2-5-10-19)20-11-6-3-7-12-20/h2-7,9-12,15-16,27H,8,13-14,17H2,1H3,(H,29,30). The zero-order valence-corrected chi connectivity index (χ0v) is 18.5. The smallest absolute Gasteiger partial charge is 0.339 e. The van der Waals surface area contributed by atoms with Crippen LogP contribution >= 0.6 is 0 Å². The number of carbonyl (C=O) groups excluding carboxylic acids is 1. The molecular weight excluding hydrogens is 414 g/mol. The van der Waals surface area contributed by atoms with Crippen molar-refractivity contribution in [3.8, 4) is 5.75 Å². The zero-order chi connectivity index (χ0) is 22.8. The highest BCUT2D eigenvalue weighted by Crippen LogP contribution is 2.35. The van der Waals surface area contributed by atoms with Gasteiger partial charge in [0.15, 0.2) is 6.61 Å². The van der Waals surface area contributed by atoms with Gasteiger partial charge in [0, 0.05) is 5.56 Å². The van der Waals surface area contributed by atoms with Gasteiger partial charge in [-0.15, -0.1) is 0 Å². The van der Waals surface area contributed by atoms with Crippen LogP contribution in [0.1, 0.15) is 40.3 Å². The summed E-state index contributed by atoms with van der Waals surface area (Å²) in [6, 6.07) is 23.2. The van der Waals surface area contributed by atoms with E-state index in [1.54, 1.807) is 0 Å². The van der Waals surface area contributed by atoms with Crippen molar-refractivity contribution < 1.29 is 13.9 Å². The number of benzene rings is 3. The van der Waals surface area contributed by atoms with E-state index in [0.29, 0.717) is 11.3 Å². The highest BCUT2D eigenvalue weighted by Gasteiger charge is 2.23. The fraction of sp³-hybridized carbons (Fsp3) is 0.214. The Morgan fingerprint density at radius 1 is 0.970 bits per heavy atom. The van der Waals surface area contributed by atoms with Crippen LogP contribution in [0.25, 0.3) is 11.0 Å². The van der Waals surface area contributed by atoms with Crippen LogP contribution in [0.4, 0.5) is 0 Å². The van der Waals surface area contributed by atoms with Crippen molar-refractivity contribution in [1.29, 1.82) is 0 Å². The molecule has 0 atom stereocenters. The van der Waals surface area contributed by atoms with Crippen molar-refractivity contribution >= 4 is 16.9 Å². The zero-order valence-electron chi connectivity index (χ0n) is 18.5. The molecule has 0 unspecified atom stereocenters. The van der Waals surface area contributed by atoms with Crippen LogP contribution < -0.4 is 15.7 Å². The molecule has 0 bridgehead atoms. The summed E-state index contributed by atoms with van der Waals surface area (Å²) in [4.78, 5) is 25.3. The lowest BCUT2D eigenvalue weighted by atomic mass is 9.99. The average molecular weight is 440 g/mol. The first kappa shape index (κ1) is 21.0. The van der Waals surface area contributed by atoms with Crippen molar-refractivity contribution in [2.75, 3.05) is 6.61 Å². The maximum absolute atomic E-state index is 13.0. The van der Waals surface area contributed by atoms with E-state index in [1.807, 2.05) is 79.7 Å². The van der Waals surface area contributed by atoms with E-state index < -0.39 is 0 Å². The van der Waals surface area contributed by atoms with Gasteiger partial charge in [0.2, 0.25) is 0 Å². The Morgan fingerprint density at radius 3 is 2.27 bits per heavy atom. The second-order valence-corrected chi connectivity index (χ2v) is 8.45. The van der Waals surface area contributed by atoms with Gasteiger partial charge in [-0.3, -0.25) is 4.79 Å². The van der Waals surface area contributed by atoms with Crippen molar-refractivity contribution in [3.63, 3.8) is 0 Å².